The first-order valence-electron chi connectivity index (χ1n) is 8.10. The quantitative estimate of drug-likeness (QED) is 0.512. The molecule has 0 saturated carbocycles. The Labute approximate surface area is 173 Å². The van der Waals surface area contributed by atoms with Crippen LogP contribution in [0.5, 0.6) is 5.75 Å². The van der Waals surface area contributed by atoms with Crippen LogP contribution in [0.2, 0.25) is 0 Å². The monoisotopic (exact) mass is 490 g/mol. The van der Waals surface area contributed by atoms with E-state index in [0.717, 1.165) is 5.56 Å². The fourth-order valence-electron chi connectivity index (χ4n) is 2.49. The van der Waals surface area contributed by atoms with Crippen molar-refractivity contribution in [1.29, 1.82) is 0 Å². The number of amides is 1. The summed E-state index contributed by atoms with van der Waals surface area (Å²) >= 11 is 6.66. The number of carbonyl (C=O) groups is 1. The molecule has 0 fully saturated rings. The minimum Gasteiger partial charge on any atom is -0.407 e. The van der Waals surface area contributed by atoms with Crippen molar-refractivity contribution in [3.8, 4) is 5.75 Å². The molecule has 1 amide bonds. The topological polar surface area (TPSA) is 51.5 Å². The van der Waals surface area contributed by atoms with Gasteiger partial charge in [0.15, 0.2) is 5.75 Å². The summed E-state index contributed by atoms with van der Waals surface area (Å²) in [5.41, 5.74) is 1.39. The number of carbonyl (C=O) groups excluding carboxylic acids is 1. The van der Waals surface area contributed by atoms with Crippen molar-refractivity contribution in [3.63, 3.8) is 0 Å². The van der Waals surface area contributed by atoms with E-state index in [-0.39, 0.29) is 15.8 Å². The predicted molar refractivity (Wildman–Crippen MR) is 113 cm³/mol. The second-order valence-corrected chi connectivity index (χ2v) is 7.45. The van der Waals surface area contributed by atoms with Crippen molar-refractivity contribution in [2.24, 2.45) is 0 Å². The lowest BCUT2D eigenvalue weighted by molar-refractivity contribution is 0.208. The Morgan fingerprint density at radius 1 is 1.04 bits per heavy atom. The molecular formula is C20H16Br2N2O3. The van der Waals surface area contributed by atoms with Crippen molar-refractivity contribution in [3.05, 3.63) is 91.7 Å². The number of aromatic nitrogens is 1. The summed E-state index contributed by atoms with van der Waals surface area (Å²) in [6.07, 6.45) is 1.02. The van der Waals surface area contributed by atoms with E-state index >= 15 is 0 Å². The van der Waals surface area contributed by atoms with Gasteiger partial charge < -0.3 is 9.30 Å². The van der Waals surface area contributed by atoms with Crippen LogP contribution < -0.4 is 15.2 Å². The molecule has 2 aromatic carbocycles. The second kappa shape index (κ2) is 8.54. The van der Waals surface area contributed by atoms with Crippen molar-refractivity contribution >= 4 is 43.6 Å². The van der Waals surface area contributed by atoms with Gasteiger partial charge in [0.05, 0.1) is 11.0 Å². The second-order valence-electron chi connectivity index (χ2n) is 5.80. The van der Waals surface area contributed by atoms with Crippen LogP contribution in [-0.4, -0.2) is 17.7 Å². The van der Waals surface area contributed by atoms with Gasteiger partial charge in [-0.15, -0.1) is 0 Å². The van der Waals surface area contributed by atoms with Gasteiger partial charge in [-0.05, 0) is 49.6 Å². The molecule has 5 nitrogen and oxygen atoms in total. The highest BCUT2D eigenvalue weighted by Crippen LogP contribution is 2.31. The Bertz CT molecular complexity index is 1000. The molecule has 0 unspecified atom stereocenters. The van der Waals surface area contributed by atoms with Gasteiger partial charge >= 0.3 is 6.09 Å². The van der Waals surface area contributed by atoms with Gasteiger partial charge in [0, 0.05) is 18.9 Å². The number of nitrogens with zero attached hydrogens (tertiary/aromatic N) is 2. The molecule has 0 aliphatic heterocycles. The number of benzene rings is 2. The molecule has 0 aliphatic carbocycles. The van der Waals surface area contributed by atoms with E-state index < -0.39 is 6.09 Å². The van der Waals surface area contributed by atoms with E-state index in [0.29, 0.717) is 16.7 Å². The molecule has 3 rings (SSSR count). The van der Waals surface area contributed by atoms with E-state index in [2.05, 4.69) is 31.9 Å². The van der Waals surface area contributed by atoms with Crippen LogP contribution in [-0.2, 0) is 6.54 Å². The summed E-state index contributed by atoms with van der Waals surface area (Å²) in [6.45, 7) is 0.412. The van der Waals surface area contributed by atoms with Gasteiger partial charge in [-0.2, -0.15) is 0 Å². The fourth-order valence-corrected chi connectivity index (χ4v) is 3.80. The lowest BCUT2D eigenvalue weighted by Crippen LogP contribution is -2.30. The molecule has 0 aliphatic rings. The van der Waals surface area contributed by atoms with Crippen molar-refractivity contribution in [1.82, 2.24) is 4.57 Å². The maximum atomic E-state index is 12.7. The molecule has 1 heterocycles. The highest BCUT2D eigenvalue weighted by Gasteiger charge is 2.20. The number of hydrogen-bond acceptors (Lipinski definition) is 3. The van der Waals surface area contributed by atoms with E-state index in [9.17, 15) is 9.59 Å². The van der Waals surface area contributed by atoms with Crippen LogP contribution in [0.15, 0.2) is 80.6 Å². The number of halogens is 2. The summed E-state index contributed by atoms with van der Waals surface area (Å²) in [6, 6.07) is 18.7. The van der Waals surface area contributed by atoms with E-state index in [1.807, 2.05) is 48.5 Å². The first-order chi connectivity index (χ1) is 13.0. The molecule has 0 radical (unpaired) electrons. The third-order valence-corrected chi connectivity index (χ3v) is 5.20. The van der Waals surface area contributed by atoms with Crippen LogP contribution in [0.1, 0.15) is 5.56 Å². The molecule has 138 valence electrons. The zero-order chi connectivity index (χ0) is 19.4. The third kappa shape index (κ3) is 4.48. The van der Waals surface area contributed by atoms with Crippen LogP contribution in [0.3, 0.4) is 0 Å². The molecule has 27 heavy (non-hydrogen) atoms. The number of para-hydroxylation sites is 1. The first-order valence-corrected chi connectivity index (χ1v) is 9.69. The fraction of sp³-hybridized carbons (Fsp3) is 0.100. The number of pyridine rings is 1. The zero-order valence-corrected chi connectivity index (χ0v) is 17.6. The van der Waals surface area contributed by atoms with Crippen LogP contribution in [0, 0.1) is 0 Å². The average Bonchev–Trinajstić information content (AvgIpc) is 2.70. The zero-order valence-electron chi connectivity index (χ0n) is 14.4. The number of ether oxygens (including phenoxy) is 1. The van der Waals surface area contributed by atoms with Crippen LogP contribution >= 0.6 is 31.9 Å². The van der Waals surface area contributed by atoms with Gasteiger partial charge in [-0.25, -0.2) is 4.79 Å². The lowest BCUT2D eigenvalue weighted by Gasteiger charge is -2.18. The van der Waals surface area contributed by atoms with Crippen molar-refractivity contribution < 1.29 is 9.53 Å². The summed E-state index contributed by atoms with van der Waals surface area (Å²) < 4.78 is 7.68. The van der Waals surface area contributed by atoms with E-state index in [1.54, 1.807) is 29.9 Å². The average molecular weight is 492 g/mol. The molecule has 1 aromatic heterocycles. The SMILES string of the molecule is CN(C(=O)Oc1c(Br)cn(Cc2ccccc2)c(=O)c1Br)c1ccccc1. The number of rotatable bonds is 4. The maximum Gasteiger partial charge on any atom is 0.419 e. The van der Waals surface area contributed by atoms with Crippen molar-refractivity contribution in [2.45, 2.75) is 6.54 Å². The van der Waals surface area contributed by atoms with Crippen molar-refractivity contribution in [2.75, 3.05) is 11.9 Å². The van der Waals surface area contributed by atoms with Crippen LogP contribution in [0.25, 0.3) is 0 Å². The standard InChI is InChI=1S/C20H16Br2N2O3/c1-23(15-10-6-3-7-11-15)20(26)27-18-16(21)13-24(19(25)17(18)22)12-14-8-4-2-5-9-14/h2-11,13H,12H2,1H3. The highest BCUT2D eigenvalue weighted by atomic mass is 79.9. The normalized spacial score (nSPS) is 10.5. The lowest BCUT2D eigenvalue weighted by atomic mass is 10.2. The summed E-state index contributed by atoms with van der Waals surface area (Å²) in [5.74, 6) is 0.150. The molecule has 0 atom stereocenters. The Balaban J connectivity index is 1.85. The molecule has 0 bridgehead atoms. The minimum atomic E-state index is -0.595. The Morgan fingerprint density at radius 3 is 2.26 bits per heavy atom. The summed E-state index contributed by atoms with van der Waals surface area (Å²) in [4.78, 5) is 26.5. The van der Waals surface area contributed by atoms with E-state index in [4.69, 9.17) is 4.74 Å². The molecule has 7 heteroatoms. The number of anilines is 1. The largest absolute Gasteiger partial charge is 0.419 e. The first kappa shape index (κ1) is 19.4. The molecule has 0 N–H and O–H groups in total. The van der Waals surface area contributed by atoms with Gasteiger partial charge in [-0.3, -0.25) is 9.69 Å². The van der Waals surface area contributed by atoms with Gasteiger partial charge in [-0.1, -0.05) is 48.5 Å². The predicted octanol–water partition coefficient (Wildman–Crippen LogP) is 5.06. The van der Waals surface area contributed by atoms with E-state index in [1.165, 1.54) is 4.90 Å². The third-order valence-electron chi connectivity index (χ3n) is 3.94. The van der Waals surface area contributed by atoms with Crippen LogP contribution in [0.4, 0.5) is 10.5 Å². The molecule has 3 aromatic rings. The molecule has 0 saturated heterocycles. The minimum absolute atomic E-state index is 0.150. The summed E-state index contributed by atoms with van der Waals surface area (Å²) in [7, 11) is 1.61. The van der Waals surface area contributed by atoms with Gasteiger partial charge in [0.25, 0.3) is 5.56 Å². The molecular weight excluding hydrogens is 476 g/mol. The smallest absolute Gasteiger partial charge is 0.407 e. The Morgan fingerprint density at radius 2 is 1.63 bits per heavy atom. The van der Waals surface area contributed by atoms with Gasteiger partial charge in [0.2, 0.25) is 0 Å². The highest BCUT2D eigenvalue weighted by molar-refractivity contribution is 9.11. The summed E-state index contributed by atoms with van der Waals surface area (Å²) in [5, 5.41) is 0. The molecule has 0 spiro atoms. The Kier molecular flexibility index (Phi) is 6.13. The van der Waals surface area contributed by atoms with Gasteiger partial charge in [0.1, 0.15) is 4.47 Å². The number of hydrogen-bond donors (Lipinski definition) is 0. The Hall–Kier alpha value is -2.38. The maximum absolute atomic E-state index is 12.7.